The summed E-state index contributed by atoms with van der Waals surface area (Å²) in [7, 11) is -5.09. The van der Waals surface area contributed by atoms with E-state index in [2.05, 4.69) is 59.7 Å². The van der Waals surface area contributed by atoms with Gasteiger partial charge in [-0.15, -0.1) is 0 Å². The minimum absolute atomic E-state index is 0.164. The molecule has 0 saturated carbocycles. The third kappa shape index (κ3) is 10.8. The summed E-state index contributed by atoms with van der Waals surface area (Å²) in [6.45, 7) is 21.4. The Hall–Kier alpha value is 0.431. The summed E-state index contributed by atoms with van der Waals surface area (Å²) in [6.07, 6.45) is 1.31. The monoisotopic (exact) mass is 424 g/mol. The first-order valence-electron chi connectivity index (χ1n) is 8.45. The summed E-state index contributed by atoms with van der Waals surface area (Å²) in [5.41, 5.74) is 0. The molecule has 23 heavy (non-hydrogen) atoms. The quantitative estimate of drug-likeness (QED) is 0.267. The highest BCUT2D eigenvalue weighted by atomic mass is 29.2. The van der Waals surface area contributed by atoms with E-state index in [0.29, 0.717) is 5.92 Å². The Morgan fingerprint density at radius 1 is 1.00 bits per heavy atom. The number of hydrogen-bond donors (Lipinski definition) is 0. The van der Waals surface area contributed by atoms with Crippen molar-refractivity contribution in [3.05, 3.63) is 12.7 Å². The zero-order chi connectivity index (χ0) is 18.3. The fourth-order valence-electron chi connectivity index (χ4n) is 2.22. The molecule has 0 radical (unpaired) electrons. The van der Waals surface area contributed by atoms with Crippen molar-refractivity contribution in [2.24, 2.45) is 5.92 Å². The van der Waals surface area contributed by atoms with Crippen LogP contribution in [0.4, 0.5) is 0 Å². The molecule has 0 aromatic carbocycles. The second-order valence-electron chi connectivity index (χ2n) is 8.27. The summed E-state index contributed by atoms with van der Waals surface area (Å²) >= 11 is 0. The highest BCUT2D eigenvalue weighted by Crippen LogP contribution is 2.21. The molecule has 0 amide bonds. The van der Waals surface area contributed by atoms with E-state index in [-0.39, 0.29) is 10.8 Å². The van der Waals surface area contributed by atoms with Crippen LogP contribution in [0.5, 0.6) is 0 Å². The molecule has 0 bridgehead atoms. The number of hydrogen-bond acceptors (Lipinski definition) is 4. The molecule has 0 saturated heterocycles. The molecule has 136 valence electrons. The minimum Gasteiger partial charge on any atom is -0.465 e. The van der Waals surface area contributed by atoms with Gasteiger partial charge in [-0.25, -0.2) is 4.79 Å². The number of carbonyl (C=O) groups is 1. The van der Waals surface area contributed by atoms with Gasteiger partial charge in [0, 0.05) is 6.08 Å². The zero-order valence-electron chi connectivity index (χ0n) is 16.3. The highest BCUT2D eigenvalue weighted by molar-refractivity contribution is 7.13. The van der Waals surface area contributed by atoms with Gasteiger partial charge in [-0.3, -0.25) is 0 Å². The maximum Gasteiger partial charge on any atom is 0.329 e. The average Bonchev–Trinajstić information content (AvgIpc) is 2.34. The van der Waals surface area contributed by atoms with Crippen molar-refractivity contribution in [1.82, 2.24) is 0 Å². The molecule has 0 aliphatic heterocycles. The lowest BCUT2D eigenvalue weighted by Crippen LogP contribution is -2.57. The van der Waals surface area contributed by atoms with Crippen molar-refractivity contribution in [2.45, 2.75) is 58.0 Å². The van der Waals surface area contributed by atoms with Crippen LogP contribution in [0, 0.1) is 5.92 Å². The van der Waals surface area contributed by atoms with Crippen LogP contribution in [0.3, 0.4) is 0 Å². The fraction of sp³-hybridized carbons (Fsp3) is 0.769. The van der Waals surface area contributed by atoms with Crippen LogP contribution in [-0.2, 0) is 17.8 Å². The molecule has 10 heteroatoms. The standard InChI is InChI=1S/C13H36O4Si6/c1-10-12(14)15-13(11(2)3,18-20-16-22(4,5)6)19-21-17-23(7,8)9/h10-11H,1,18-21H2,2-9H3. The number of rotatable bonds is 11. The lowest BCUT2D eigenvalue weighted by molar-refractivity contribution is -0.143. The Morgan fingerprint density at radius 2 is 1.39 bits per heavy atom. The lowest BCUT2D eigenvalue weighted by atomic mass is 10.2. The second kappa shape index (κ2) is 9.80. The van der Waals surface area contributed by atoms with Crippen molar-refractivity contribution >= 4 is 59.2 Å². The molecule has 0 aliphatic rings. The molecule has 0 fully saturated rings. The third-order valence-corrected chi connectivity index (χ3v) is 32.6. The van der Waals surface area contributed by atoms with Crippen LogP contribution in [-0.4, -0.2) is 64.1 Å². The van der Waals surface area contributed by atoms with Crippen molar-refractivity contribution < 1.29 is 17.8 Å². The summed E-state index contributed by atoms with van der Waals surface area (Å²) < 4.78 is 18.4. The van der Waals surface area contributed by atoms with Crippen molar-refractivity contribution in [3.63, 3.8) is 0 Å². The van der Waals surface area contributed by atoms with Gasteiger partial charge in [0.25, 0.3) is 0 Å². The summed E-state index contributed by atoms with van der Waals surface area (Å²) in [6, 6.07) is 0. The molecular weight excluding hydrogens is 389 g/mol. The molecule has 4 nitrogen and oxygen atoms in total. The van der Waals surface area contributed by atoms with Crippen LogP contribution in [0.1, 0.15) is 13.8 Å². The van der Waals surface area contributed by atoms with E-state index in [0.717, 1.165) is 0 Å². The van der Waals surface area contributed by atoms with Gasteiger partial charge < -0.3 is 13.0 Å². The van der Waals surface area contributed by atoms with Crippen molar-refractivity contribution in [1.29, 1.82) is 0 Å². The van der Waals surface area contributed by atoms with Crippen LogP contribution in [0.15, 0.2) is 12.7 Å². The minimum atomic E-state index is -1.46. The molecule has 0 heterocycles. The Morgan fingerprint density at radius 3 is 1.65 bits per heavy atom. The van der Waals surface area contributed by atoms with Crippen LogP contribution in [0.25, 0.3) is 0 Å². The largest absolute Gasteiger partial charge is 0.465 e. The zero-order valence-corrected chi connectivity index (χ0v) is 24.0. The van der Waals surface area contributed by atoms with Gasteiger partial charge >= 0.3 is 5.97 Å². The van der Waals surface area contributed by atoms with Gasteiger partial charge in [-0.1, -0.05) is 20.4 Å². The van der Waals surface area contributed by atoms with E-state index in [4.69, 9.17) is 13.0 Å². The molecule has 0 spiro atoms. The van der Waals surface area contributed by atoms with Gasteiger partial charge in [0.2, 0.25) is 0 Å². The average molecular weight is 425 g/mol. The van der Waals surface area contributed by atoms with Gasteiger partial charge in [0.1, 0.15) is 18.6 Å². The smallest absolute Gasteiger partial charge is 0.329 e. The molecule has 0 unspecified atom stereocenters. The Labute approximate surface area is 153 Å². The summed E-state index contributed by atoms with van der Waals surface area (Å²) in [5, 5.41) is 0. The molecule has 0 aromatic rings. The van der Waals surface area contributed by atoms with Crippen LogP contribution >= 0.6 is 0 Å². The fourth-order valence-corrected chi connectivity index (χ4v) is 41.9. The predicted octanol–water partition coefficient (Wildman–Crippen LogP) is 0.0636. The molecule has 0 atom stereocenters. The predicted molar refractivity (Wildman–Crippen MR) is 117 cm³/mol. The Balaban J connectivity index is 5.03. The summed E-state index contributed by atoms with van der Waals surface area (Å²) in [5.74, 6) is 0.114. The van der Waals surface area contributed by atoms with Crippen LogP contribution < -0.4 is 0 Å². The first-order valence-corrected chi connectivity index (χ1v) is 25.8. The van der Waals surface area contributed by atoms with Gasteiger partial charge in [-0.2, -0.15) is 0 Å². The SMILES string of the molecule is C=CC(=O)OC([SiH2][SiH2]O[Si](C)(C)C)([SiH2][SiH2]O[Si](C)(C)C)C(C)C. The Bertz CT molecular complexity index is 369. The number of carbonyl (C=O) groups excluding carboxylic acids is 1. The second-order valence-corrected chi connectivity index (χ2v) is 29.7. The van der Waals surface area contributed by atoms with Gasteiger partial charge in [-0.05, 0) is 45.2 Å². The van der Waals surface area contributed by atoms with E-state index < -0.39 is 53.3 Å². The third-order valence-electron chi connectivity index (χ3n) is 3.64. The van der Waals surface area contributed by atoms with E-state index in [9.17, 15) is 4.79 Å². The highest BCUT2D eigenvalue weighted by Gasteiger charge is 2.38. The molecule has 0 aliphatic carbocycles. The number of ether oxygens (including phenoxy) is 1. The topological polar surface area (TPSA) is 44.8 Å². The van der Waals surface area contributed by atoms with E-state index in [1.54, 1.807) is 0 Å². The maximum atomic E-state index is 11.9. The molecule has 0 rings (SSSR count). The molecule has 0 N–H and O–H groups in total. The first kappa shape index (κ1) is 23.4. The van der Waals surface area contributed by atoms with E-state index in [1.165, 1.54) is 6.08 Å². The lowest BCUT2D eigenvalue weighted by Gasteiger charge is -2.38. The van der Waals surface area contributed by atoms with Crippen molar-refractivity contribution in [3.8, 4) is 0 Å². The summed E-state index contributed by atoms with van der Waals surface area (Å²) in [4.78, 5) is 11.8. The first-order chi connectivity index (χ1) is 10.3. The van der Waals surface area contributed by atoms with Crippen molar-refractivity contribution in [2.75, 3.05) is 0 Å². The van der Waals surface area contributed by atoms with E-state index in [1.807, 2.05) is 0 Å². The molecule has 0 aromatic heterocycles. The normalized spacial score (nSPS) is 17.4. The number of esters is 1. The van der Waals surface area contributed by atoms with Gasteiger partial charge in [0.15, 0.2) is 16.6 Å². The van der Waals surface area contributed by atoms with Crippen LogP contribution in [0.2, 0.25) is 39.3 Å². The van der Waals surface area contributed by atoms with E-state index >= 15 is 0 Å². The van der Waals surface area contributed by atoms with Gasteiger partial charge in [0.05, 0.1) is 22.9 Å². The molecular formula is C13H36O4Si6. The maximum absolute atomic E-state index is 11.9. The Kier molecular flexibility index (Phi) is 9.98.